The maximum Gasteiger partial charge on any atom is 0.311 e. The average Bonchev–Trinajstić information content (AvgIpc) is 3.50. The standard InChI is InChI=1S/C29H35N5O5/c1-29(2,3)28(37)39-20-14-13-19(15-20)34-25(30)23(26(31)35)24(33-34)18-11-9-17(10-12-18)16-32-27(36)21-7-5-6-8-22(21)38-4/h5-12,19-20H,13-16,30H2,1-4H3,(H2,31,35)(H,32,36)/t19-,20-/m0/s1. The van der Waals surface area contributed by atoms with Gasteiger partial charge in [-0.25, -0.2) is 4.68 Å². The van der Waals surface area contributed by atoms with Crippen molar-refractivity contribution in [2.75, 3.05) is 12.8 Å². The highest BCUT2D eigenvalue weighted by Gasteiger charge is 2.35. The molecule has 2 atom stereocenters. The number of hydrogen-bond donors (Lipinski definition) is 3. The van der Waals surface area contributed by atoms with Crippen molar-refractivity contribution in [3.63, 3.8) is 0 Å². The number of amides is 2. The summed E-state index contributed by atoms with van der Waals surface area (Å²) in [6.45, 7) is 5.75. The molecule has 0 radical (unpaired) electrons. The fourth-order valence-corrected chi connectivity index (χ4v) is 4.64. The minimum atomic E-state index is -0.671. The number of methoxy groups -OCH3 is 1. The smallest absolute Gasteiger partial charge is 0.311 e. The summed E-state index contributed by atoms with van der Waals surface area (Å²) >= 11 is 0. The third kappa shape index (κ3) is 6.05. The SMILES string of the molecule is COc1ccccc1C(=O)NCc1ccc(-c2nn([C@H]3CC[C@H](OC(=O)C(C)(C)C)C3)c(N)c2C(N)=O)cc1. The fraction of sp³-hybridized carbons (Fsp3) is 0.379. The Balaban J connectivity index is 1.48. The lowest BCUT2D eigenvalue weighted by molar-refractivity contribution is -0.158. The number of nitrogen functional groups attached to an aromatic ring is 1. The van der Waals surface area contributed by atoms with E-state index >= 15 is 0 Å². The first kappa shape index (κ1) is 27.7. The molecule has 39 heavy (non-hydrogen) atoms. The number of para-hydroxylation sites is 1. The molecule has 1 aliphatic rings. The van der Waals surface area contributed by atoms with Crippen LogP contribution in [0.15, 0.2) is 48.5 Å². The molecule has 1 aromatic heterocycles. The molecule has 10 heteroatoms. The van der Waals surface area contributed by atoms with Gasteiger partial charge in [-0.15, -0.1) is 0 Å². The van der Waals surface area contributed by atoms with Gasteiger partial charge in [-0.2, -0.15) is 5.10 Å². The van der Waals surface area contributed by atoms with Crippen molar-refractivity contribution in [3.8, 4) is 17.0 Å². The number of carbonyl (C=O) groups is 3. The van der Waals surface area contributed by atoms with E-state index < -0.39 is 11.3 Å². The molecule has 0 aliphatic heterocycles. The highest BCUT2D eigenvalue weighted by Crippen LogP contribution is 2.37. The number of nitrogens with one attached hydrogen (secondary N) is 1. The van der Waals surface area contributed by atoms with Crippen LogP contribution in [0.3, 0.4) is 0 Å². The Labute approximate surface area is 227 Å². The van der Waals surface area contributed by atoms with Gasteiger partial charge in [0.05, 0.1) is 24.1 Å². The minimum absolute atomic E-state index is 0.126. The maximum absolute atomic E-state index is 12.6. The Bertz CT molecular complexity index is 1370. The first-order valence-electron chi connectivity index (χ1n) is 12.9. The number of benzene rings is 2. The van der Waals surface area contributed by atoms with Crippen LogP contribution in [0.25, 0.3) is 11.3 Å². The molecule has 1 saturated carbocycles. The molecule has 0 spiro atoms. The third-order valence-corrected chi connectivity index (χ3v) is 6.81. The van der Waals surface area contributed by atoms with Crippen LogP contribution in [0.2, 0.25) is 0 Å². The van der Waals surface area contributed by atoms with Gasteiger partial charge in [0.25, 0.3) is 11.8 Å². The second-order valence-corrected chi connectivity index (χ2v) is 10.7. The number of carbonyl (C=O) groups excluding carboxylic acids is 3. The number of nitrogens with two attached hydrogens (primary N) is 2. The number of rotatable bonds is 8. The van der Waals surface area contributed by atoms with Crippen molar-refractivity contribution < 1.29 is 23.9 Å². The van der Waals surface area contributed by atoms with Gasteiger partial charge in [-0.3, -0.25) is 14.4 Å². The van der Waals surface area contributed by atoms with E-state index in [1.807, 2.05) is 45.0 Å². The number of esters is 1. The maximum atomic E-state index is 12.6. The number of aromatic nitrogens is 2. The molecular weight excluding hydrogens is 498 g/mol. The van der Waals surface area contributed by atoms with Crippen LogP contribution in [-0.4, -0.2) is 40.8 Å². The highest BCUT2D eigenvalue weighted by molar-refractivity contribution is 6.03. The van der Waals surface area contributed by atoms with E-state index in [-0.39, 0.29) is 35.4 Å². The molecular formula is C29H35N5O5. The van der Waals surface area contributed by atoms with Gasteiger partial charge in [-0.05, 0) is 51.3 Å². The van der Waals surface area contributed by atoms with E-state index in [0.29, 0.717) is 48.4 Å². The normalized spacial score (nSPS) is 17.0. The lowest BCUT2D eigenvalue weighted by Crippen LogP contribution is -2.27. The van der Waals surface area contributed by atoms with Gasteiger partial charge in [0.1, 0.15) is 28.9 Å². The summed E-state index contributed by atoms with van der Waals surface area (Å²) in [4.78, 5) is 37.3. The molecule has 10 nitrogen and oxygen atoms in total. The summed E-state index contributed by atoms with van der Waals surface area (Å²) in [5, 5.41) is 7.56. The average molecular weight is 534 g/mol. The number of primary amides is 1. The van der Waals surface area contributed by atoms with Gasteiger partial charge in [0, 0.05) is 18.5 Å². The number of anilines is 1. The number of hydrogen-bond acceptors (Lipinski definition) is 7. The highest BCUT2D eigenvalue weighted by atomic mass is 16.5. The van der Waals surface area contributed by atoms with Crippen molar-refractivity contribution in [2.45, 2.75) is 58.7 Å². The van der Waals surface area contributed by atoms with Crippen molar-refractivity contribution in [1.29, 1.82) is 0 Å². The molecule has 1 fully saturated rings. The van der Waals surface area contributed by atoms with Crippen LogP contribution in [0, 0.1) is 5.41 Å². The lowest BCUT2D eigenvalue weighted by Gasteiger charge is -2.20. The van der Waals surface area contributed by atoms with E-state index in [1.165, 1.54) is 7.11 Å². The van der Waals surface area contributed by atoms with E-state index in [9.17, 15) is 14.4 Å². The van der Waals surface area contributed by atoms with Crippen LogP contribution in [0.5, 0.6) is 5.75 Å². The first-order chi connectivity index (χ1) is 18.5. The zero-order valence-corrected chi connectivity index (χ0v) is 22.7. The summed E-state index contributed by atoms with van der Waals surface area (Å²) in [7, 11) is 1.52. The second-order valence-electron chi connectivity index (χ2n) is 10.7. The van der Waals surface area contributed by atoms with E-state index in [0.717, 1.165) is 5.56 Å². The van der Waals surface area contributed by atoms with Gasteiger partial charge in [0.15, 0.2) is 0 Å². The molecule has 4 rings (SSSR count). The van der Waals surface area contributed by atoms with Crippen LogP contribution in [0.1, 0.15) is 72.4 Å². The summed E-state index contributed by atoms with van der Waals surface area (Å²) in [6, 6.07) is 14.2. The second kappa shape index (κ2) is 11.2. The van der Waals surface area contributed by atoms with Crippen LogP contribution >= 0.6 is 0 Å². The minimum Gasteiger partial charge on any atom is -0.496 e. The van der Waals surface area contributed by atoms with Gasteiger partial charge in [-0.1, -0.05) is 36.4 Å². The zero-order valence-electron chi connectivity index (χ0n) is 22.7. The quantitative estimate of drug-likeness (QED) is 0.372. The number of nitrogens with zero attached hydrogens (tertiary/aromatic N) is 2. The molecule has 5 N–H and O–H groups in total. The van der Waals surface area contributed by atoms with Gasteiger partial charge in [0.2, 0.25) is 0 Å². The summed E-state index contributed by atoms with van der Waals surface area (Å²) in [5.41, 5.74) is 14.0. The van der Waals surface area contributed by atoms with E-state index in [4.69, 9.17) is 20.9 Å². The molecule has 1 aliphatic carbocycles. The molecule has 0 bridgehead atoms. The van der Waals surface area contributed by atoms with Crippen molar-refractivity contribution in [1.82, 2.24) is 15.1 Å². The molecule has 1 heterocycles. The summed E-state index contributed by atoms with van der Waals surface area (Å²) < 4.78 is 12.6. The van der Waals surface area contributed by atoms with Crippen LogP contribution in [0.4, 0.5) is 5.82 Å². The Morgan fingerprint density at radius 3 is 2.41 bits per heavy atom. The topological polar surface area (TPSA) is 152 Å². The monoisotopic (exact) mass is 533 g/mol. The van der Waals surface area contributed by atoms with E-state index in [2.05, 4.69) is 10.4 Å². The zero-order chi connectivity index (χ0) is 28.3. The van der Waals surface area contributed by atoms with Crippen molar-refractivity contribution >= 4 is 23.6 Å². The molecule has 206 valence electrons. The first-order valence-corrected chi connectivity index (χ1v) is 12.9. The largest absolute Gasteiger partial charge is 0.496 e. The predicted molar refractivity (Wildman–Crippen MR) is 147 cm³/mol. The Morgan fingerprint density at radius 2 is 1.77 bits per heavy atom. The Hall–Kier alpha value is -4.34. The Kier molecular flexibility index (Phi) is 7.94. The predicted octanol–water partition coefficient (Wildman–Crippen LogP) is 3.85. The van der Waals surface area contributed by atoms with Crippen LogP contribution < -0.4 is 21.5 Å². The fourth-order valence-electron chi connectivity index (χ4n) is 4.64. The molecule has 3 aromatic rings. The molecule has 0 saturated heterocycles. The molecule has 2 amide bonds. The lowest BCUT2D eigenvalue weighted by atomic mass is 9.97. The number of ether oxygens (including phenoxy) is 2. The Morgan fingerprint density at radius 1 is 1.08 bits per heavy atom. The summed E-state index contributed by atoms with van der Waals surface area (Å²) in [6.07, 6.45) is 1.70. The van der Waals surface area contributed by atoms with E-state index in [1.54, 1.807) is 28.9 Å². The van der Waals surface area contributed by atoms with Crippen LogP contribution in [-0.2, 0) is 16.1 Å². The van der Waals surface area contributed by atoms with Crippen molar-refractivity contribution in [3.05, 3.63) is 65.2 Å². The molecule has 2 aromatic carbocycles. The molecule has 0 unspecified atom stereocenters. The van der Waals surface area contributed by atoms with Gasteiger partial charge >= 0.3 is 5.97 Å². The van der Waals surface area contributed by atoms with Crippen molar-refractivity contribution in [2.24, 2.45) is 11.1 Å². The third-order valence-electron chi connectivity index (χ3n) is 6.81. The summed E-state index contributed by atoms with van der Waals surface area (Å²) in [5.74, 6) is -0.478. The van der Waals surface area contributed by atoms with Gasteiger partial charge < -0.3 is 26.3 Å².